The van der Waals surface area contributed by atoms with Crippen molar-refractivity contribution >= 4 is 17.2 Å². The Morgan fingerprint density at radius 2 is 2.29 bits per heavy atom. The summed E-state index contributed by atoms with van der Waals surface area (Å²) in [6.45, 7) is 1.65. The lowest BCUT2D eigenvalue weighted by molar-refractivity contribution is -0.108. The monoisotopic (exact) mass is 236 g/mol. The summed E-state index contributed by atoms with van der Waals surface area (Å²) < 4.78 is 18.7. The highest BCUT2D eigenvalue weighted by atomic mass is 19.1. The SMILES string of the molecule is COc1cc2c(C(N)C=O)c[nH]c2c(C)c1F. The second-order valence-corrected chi connectivity index (χ2v) is 3.85. The summed E-state index contributed by atoms with van der Waals surface area (Å²) in [5.74, 6) is -0.262. The number of ether oxygens (including phenoxy) is 1. The zero-order valence-corrected chi connectivity index (χ0v) is 9.58. The van der Waals surface area contributed by atoms with E-state index in [1.807, 2.05) is 0 Å². The van der Waals surface area contributed by atoms with Crippen molar-refractivity contribution in [1.29, 1.82) is 0 Å². The molecule has 1 unspecified atom stereocenters. The van der Waals surface area contributed by atoms with E-state index in [9.17, 15) is 9.18 Å². The third-order valence-corrected chi connectivity index (χ3v) is 2.87. The molecule has 0 saturated carbocycles. The van der Waals surface area contributed by atoms with Crippen molar-refractivity contribution in [3.05, 3.63) is 29.2 Å². The summed E-state index contributed by atoms with van der Waals surface area (Å²) in [7, 11) is 1.40. The summed E-state index contributed by atoms with van der Waals surface area (Å²) in [5.41, 5.74) is 7.38. The second kappa shape index (κ2) is 4.18. The molecule has 0 aliphatic rings. The van der Waals surface area contributed by atoms with Gasteiger partial charge in [0.15, 0.2) is 11.6 Å². The van der Waals surface area contributed by atoms with E-state index in [2.05, 4.69) is 4.98 Å². The Bertz CT molecular complexity index is 577. The summed E-state index contributed by atoms with van der Waals surface area (Å²) in [5, 5.41) is 0.709. The Morgan fingerprint density at radius 3 is 2.88 bits per heavy atom. The van der Waals surface area contributed by atoms with E-state index in [4.69, 9.17) is 10.5 Å². The van der Waals surface area contributed by atoms with Crippen molar-refractivity contribution in [1.82, 2.24) is 4.98 Å². The first-order valence-corrected chi connectivity index (χ1v) is 5.15. The number of aromatic amines is 1. The maximum atomic E-state index is 13.8. The average Bonchev–Trinajstić information content (AvgIpc) is 2.76. The maximum Gasteiger partial charge on any atom is 0.170 e. The molecule has 2 aromatic rings. The van der Waals surface area contributed by atoms with Gasteiger partial charge in [0.25, 0.3) is 0 Å². The molecule has 0 aliphatic carbocycles. The van der Waals surface area contributed by atoms with Crippen molar-refractivity contribution in [3.63, 3.8) is 0 Å². The van der Waals surface area contributed by atoms with Gasteiger partial charge in [0.1, 0.15) is 6.29 Å². The van der Waals surface area contributed by atoms with Crippen LogP contribution in [-0.2, 0) is 4.79 Å². The largest absolute Gasteiger partial charge is 0.494 e. The van der Waals surface area contributed by atoms with E-state index < -0.39 is 11.9 Å². The van der Waals surface area contributed by atoms with E-state index >= 15 is 0 Å². The Kier molecular flexibility index (Phi) is 2.85. The highest BCUT2D eigenvalue weighted by molar-refractivity contribution is 5.90. The molecule has 0 spiro atoms. The van der Waals surface area contributed by atoms with Crippen LogP contribution in [0.25, 0.3) is 10.9 Å². The van der Waals surface area contributed by atoms with Gasteiger partial charge in [-0.1, -0.05) is 0 Å². The number of carbonyl (C=O) groups is 1. The molecular formula is C12H13FN2O2. The maximum absolute atomic E-state index is 13.8. The van der Waals surface area contributed by atoms with Gasteiger partial charge in [-0.2, -0.15) is 0 Å². The van der Waals surface area contributed by atoms with Crippen LogP contribution in [0.3, 0.4) is 0 Å². The number of methoxy groups -OCH3 is 1. The molecule has 3 N–H and O–H groups in total. The number of halogens is 1. The fraction of sp³-hybridized carbons (Fsp3) is 0.250. The second-order valence-electron chi connectivity index (χ2n) is 3.85. The number of aryl methyl sites for hydroxylation is 1. The van der Waals surface area contributed by atoms with E-state index in [-0.39, 0.29) is 5.75 Å². The lowest BCUT2D eigenvalue weighted by Gasteiger charge is -2.07. The van der Waals surface area contributed by atoms with Gasteiger partial charge in [-0.25, -0.2) is 4.39 Å². The molecule has 2 rings (SSSR count). The van der Waals surface area contributed by atoms with Gasteiger partial charge in [-0.3, -0.25) is 0 Å². The van der Waals surface area contributed by atoms with Gasteiger partial charge in [-0.05, 0) is 13.0 Å². The number of rotatable bonds is 3. The first-order chi connectivity index (χ1) is 8.10. The minimum atomic E-state index is -0.724. The van der Waals surface area contributed by atoms with Crippen LogP contribution < -0.4 is 10.5 Å². The zero-order chi connectivity index (χ0) is 12.6. The van der Waals surface area contributed by atoms with E-state index in [1.165, 1.54) is 7.11 Å². The normalized spacial score (nSPS) is 12.7. The average molecular weight is 236 g/mol. The van der Waals surface area contributed by atoms with Gasteiger partial charge < -0.3 is 20.2 Å². The number of nitrogens with one attached hydrogen (secondary N) is 1. The van der Waals surface area contributed by atoms with Gasteiger partial charge in [0, 0.05) is 22.7 Å². The quantitative estimate of drug-likeness (QED) is 0.799. The highest BCUT2D eigenvalue weighted by Gasteiger charge is 2.17. The number of nitrogens with two attached hydrogens (primary N) is 1. The number of aldehydes is 1. The zero-order valence-electron chi connectivity index (χ0n) is 9.58. The summed E-state index contributed by atoms with van der Waals surface area (Å²) in [4.78, 5) is 13.6. The number of hydrogen-bond acceptors (Lipinski definition) is 3. The summed E-state index contributed by atoms with van der Waals surface area (Å²) in [6.07, 6.45) is 2.27. The smallest absolute Gasteiger partial charge is 0.170 e. The molecule has 1 aromatic carbocycles. The number of carbonyl (C=O) groups excluding carboxylic acids is 1. The Balaban J connectivity index is 2.76. The fourth-order valence-electron chi connectivity index (χ4n) is 1.90. The lowest BCUT2D eigenvalue weighted by Crippen LogP contribution is -2.10. The molecule has 4 nitrogen and oxygen atoms in total. The van der Waals surface area contributed by atoms with Crippen LogP contribution in [0.4, 0.5) is 4.39 Å². The van der Waals surface area contributed by atoms with Crippen LogP contribution in [0.1, 0.15) is 17.2 Å². The minimum Gasteiger partial charge on any atom is -0.494 e. The molecule has 1 aromatic heterocycles. The molecule has 0 fully saturated rings. The van der Waals surface area contributed by atoms with Crippen molar-refractivity contribution in [2.24, 2.45) is 5.73 Å². The molecule has 0 amide bonds. The molecule has 0 saturated heterocycles. The Labute approximate surface area is 97.6 Å². The number of hydrogen-bond donors (Lipinski definition) is 2. The molecular weight excluding hydrogens is 223 g/mol. The number of benzene rings is 1. The van der Waals surface area contributed by atoms with Gasteiger partial charge in [0.05, 0.1) is 18.7 Å². The Morgan fingerprint density at radius 1 is 1.59 bits per heavy atom. The summed E-state index contributed by atoms with van der Waals surface area (Å²) in [6, 6.07) is 0.825. The lowest BCUT2D eigenvalue weighted by atomic mass is 10.0. The van der Waals surface area contributed by atoms with Crippen molar-refractivity contribution in [3.8, 4) is 5.75 Å². The fourth-order valence-corrected chi connectivity index (χ4v) is 1.90. The highest BCUT2D eigenvalue weighted by Crippen LogP contribution is 2.32. The van der Waals surface area contributed by atoms with Crippen molar-refractivity contribution in [2.75, 3.05) is 7.11 Å². The molecule has 5 heteroatoms. The van der Waals surface area contributed by atoms with Crippen LogP contribution in [0, 0.1) is 12.7 Å². The van der Waals surface area contributed by atoms with Crippen LogP contribution in [-0.4, -0.2) is 18.4 Å². The molecule has 1 atom stereocenters. The third-order valence-electron chi connectivity index (χ3n) is 2.87. The van der Waals surface area contributed by atoms with Gasteiger partial charge >= 0.3 is 0 Å². The van der Waals surface area contributed by atoms with Crippen LogP contribution >= 0.6 is 0 Å². The predicted octanol–water partition coefficient (Wildman–Crippen LogP) is 1.82. The van der Waals surface area contributed by atoms with Crippen LogP contribution in [0.15, 0.2) is 12.3 Å². The van der Waals surface area contributed by atoms with E-state index in [1.54, 1.807) is 19.2 Å². The first kappa shape index (κ1) is 11.6. The van der Waals surface area contributed by atoms with Crippen molar-refractivity contribution in [2.45, 2.75) is 13.0 Å². The molecule has 0 radical (unpaired) electrons. The number of H-pyrrole nitrogens is 1. The van der Waals surface area contributed by atoms with Crippen LogP contribution in [0.2, 0.25) is 0 Å². The minimum absolute atomic E-state index is 0.147. The predicted molar refractivity (Wildman–Crippen MR) is 62.5 cm³/mol. The van der Waals surface area contributed by atoms with E-state index in [0.29, 0.717) is 28.3 Å². The summed E-state index contributed by atoms with van der Waals surface area (Å²) >= 11 is 0. The third kappa shape index (κ3) is 1.68. The Hall–Kier alpha value is -1.88. The first-order valence-electron chi connectivity index (χ1n) is 5.15. The number of aromatic nitrogens is 1. The van der Waals surface area contributed by atoms with Crippen molar-refractivity contribution < 1.29 is 13.9 Å². The standard InChI is InChI=1S/C12H13FN2O2/c1-6-11(13)10(17-2)3-7-8(9(14)5-16)4-15-12(6)7/h3-5,9,15H,14H2,1-2H3. The van der Waals surface area contributed by atoms with Crippen LogP contribution in [0.5, 0.6) is 5.75 Å². The molecule has 0 aliphatic heterocycles. The molecule has 1 heterocycles. The number of fused-ring (bicyclic) bond motifs is 1. The van der Waals surface area contributed by atoms with E-state index in [0.717, 1.165) is 0 Å². The topological polar surface area (TPSA) is 68.1 Å². The van der Waals surface area contributed by atoms with Gasteiger partial charge in [0.2, 0.25) is 0 Å². The van der Waals surface area contributed by atoms with Gasteiger partial charge in [-0.15, -0.1) is 0 Å². The molecule has 0 bridgehead atoms. The molecule has 17 heavy (non-hydrogen) atoms. The molecule has 90 valence electrons.